The van der Waals surface area contributed by atoms with Crippen molar-refractivity contribution in [1.29, 1.82) is 0 Å². The molecule has 0 bridgehead atoms. The van der Waals surface area contributed by atoms with Crippen molar-refractivity contribution in [2.75, 3.05) is 4.72 Å². The van der Waals surface area contributed by atoms with Crippen molar-refractivity contribution in [2.24, 2.45) is 0 Å². The van der Waals surface area contributed by atoms with E-state index < -0.39 is 10.0 Å². The van der Waals surface area contributed by atoms with E-state index in [0.29, 0.717) is 17.2 Å². The third-order valence-electron chi connectivity index (χ3n) is 4.11. The van der Waals surface area contributed by atoms with E-state index in [4.69, 9.17) is 0 Å². The molecule has 0 amide bonds. The van der Waals surface area contributed by atoms with Gasteiger partial charge in [0.2, 0.25) is 0 Å². The van der Waals surface area contributed by atoms with Crippen molar-refractivity contribution in [2.45, 2.75) is 38.0 Å². The number of aryl methyl sites for hydroxylation is 1. The highest BCUT2D eigenvalue weighted by Crippen LogP contribution is 2.24. The molecule has 3 aromatic rings. The van der Waals surface area contributed by atoms with E-state index in [1.807, 2.05) is 12.1 Å². The van der Waals surface area contributed by atoms with E-state index in [2.05, 4.69) is 35.6 Å². The second kappa shape index (κ2) is 6.70. The minimum atomic E-state index is -3.72. The minimum absolute atomic E-state index is 0.0519. The van der Waals surface area contributed by atoms with Gasteiger partial charge in [0.1, 0.15) is 0 Å². The van der Waals surface area contributed by atoms with E-state index in [1.165, 1.54) is 16.9 Å². The lowest BCUT2D eigenvalue weighted by Crippen LogP contribution is -2.16. The van der Waals surface area contributed by atoms with Crippen LogP contribution in [-0.2, 0) is 15.4 Å². The molecule has 0 saturated carbocycles. The zero-order valence-electron chi connectivity index (χ0n) is 15.6. The minimum Gasteiger partial charge on any atom is -0.294 e. The first kappa shape index (κ1) is 18.9. The van der Waals surface area contributed by atoms with Crippen LogP contribution in [-0.4, -0.2) is 23.2 Å². The smallest absolute Gasteiger partial charge is 0.272 e. The molecule has 0 unspecified atom stereocenters. The van der Waals surface area contributed by atoms with Crippen LogP contribution in [0.1, 0.15) is 32.0 Å². The van der Waals surface area contributed by atoms with Crippen molar-refractivity contribution < 1.29 is 8.42 Å². The maximum absolute atomic E-state index is 12.6. The molecule has 0 saturated heterocycles. The third kappa shape index (κ3) is 4.11. The molecule has 142 valence electrons. The molecule has 8 heteroatoms. The van der Waals surface area contributed by atoms with Crippen molar-refractivity contribution in [3.63, 3.8) is 0 Å². The number of hydrogen-bond acceptors (Lipinski definition) is 4. The molecule has 27 heavy (non-hydrogen) atoms. The van der Waals surface area contributed by atoms with Crippen LogP contribution >= 0.6 is 0 Å². The van der Waals surface area contributed by atoms with Gasteiger partial charge in [0.05, 0.1) is 16.8 Å². The van der Waals surface area contributed by atoms with Gasteiger partial charge in [0, 0.05) is 11.8 Å². The van der Waals surface area contributed by atoms with Gasteiger partial charge in [-0.15, -0.1) is 0 Å². The van der Waals surface area contributed by atoms with Gasteiger partial charge in [-0.1, -0.05) is 32.9 Å². The van der Waals surface area contributed by atoms with E-state index in [-0.39, 0.29) is 15.9 Å². The van der Waals surface area contributed by atoms with E-state index in [0.717, 1.165) is 5.56 Å². The first-order chi connectivity index (χ1) is 12.6. The van der Waals surface area contributed by atoms with Crippen molar-refractivity contribution in [3.8, 4) is 5.82 Å². The van der Waals surface area contributed by atoms with Gasteiger partial charge in [-0.25, -0.2) is 18.1 Å². The first-order valence-electron chi connectivity index (χ1n) is 8.45. The molecule has 0 radical (unpaired) electrons. The van der Waals surface area contributed by atoms with E-state index in [9.17, 15) is 13.2 Å². The Labute approximate surface area is 158 Å². The zero-order chi connectivity index (χ0) is 19.8. The highest BCUT2D eigenvalue weighted by molar-refractivity contribution is 7.92. The molecule has 2 aromatic heterocycles. The number of benzene rings is 1. The summed E-state index contributed by atoms with van der Waals surface area (Å²) >= 11 is 0. The molecular formula is C19H22N4O3S. The number of sulfonamides is 1. The Kier molecular flexibility index (Phi) is 4.69. The second-order valence-corrected chi connectivity index (χ2v) is 9.08. The molecular weight excluding hydrogens is 364 g/mol. The fraction of sp³-hybridized carbons (Fsp3) is 0.263. The van der Waals surface area contributed by atoms with Gasteiger partial charge in [0.25, 0.3) is 15.6 Å². The molecule has 0 spiro atoms. The Balaban J connectivity index is 1.82. The first-order valence-corrected chi connectivity index (χ1v) is 9.93. The SMILES string of the molecule is Cc1cc(=O)n(-c2ccc(NS(=O)(=O)c3ccc(C(C)(C)C)cc3)cn2)[nH]1. The van der Waals surface area contributed by atoms with Gasteiger partial charge in [-0.3, -0.25) is 14.6 Å². The molecule has 3 rings (SSSR count). The number of H-pyrrole nitrogens is 1. The third-order valence-corrected chi connectivity index (χ3v) is 5.51. The lowest BCUT2D eigenvalue weighted by Gasteiger charge is -2.19. The summed E-state index contributed by atoms with van der Waals surface area (Å²) in [7, 11) is -3.72. The van der Waals surface area contributed by atoms with E-state index in [1.54, 1.807) is 31.2 Å². The molecule has 0 fully saturated rings. The van der Waals surface area contributed by atoms with Crippen LogP contribution in [0.15, 0.2) is 58.4 Å². The summed E-state index contributed by atoms with van der Waals surface area (Å²) in [4.78, 5) is 16.1. The van der Waals surface area contributed by atoms with Crippen molar-refractivity contribution >= 4 is 15.7 Å². The quantitative estimate of drug-likeness (QED) is 0.720. The van der Waals surface area contributed by atoms with Crippen molar-refractivity contribution in [3.05, 3.63) is 70.3 Å². The predicted molar refractivity (Wildman–Crippen MR) is 105 cm³/mol. The van der Waals surface area contributed by atoms with Crippen LogP contribution in [0, 0.1) is 6.92 Å². The molecule has 0 atom stereocenters. The van der Waals surface area contributed by atoms with E-state index >= 15 is 0 Å². The highest BCUT2D eigenvalue weighted by atomic mass is 32.2. The number of pyridine rings is 1. The molecule has 2 N–H and O–H groups in total. The molecule has 0 aliphatic rings. The summed E-state index contributed by atoms with van der Waals surface area (Å²) in [5.41, 5.74) is 1.80. The van der Waals surface area contributed by atoms with Gasteiger partial charge >= 0.3 is 0 Å². The molecule has 1 aromatic carbocycles. The van der Waals surface area contributed by atoms with Gasteiger partial charge in [-0.2, -0.15) is 0 Å². The number of rotatable bonds is 4. The Bertz CT molecular complexity index is 1100. The summed E-state index contributed by atoms with van der Waals surface area (Å²) in [5, 5.41) is 2.87. The summed E-state index contributed by atoms with van der Waals surface area (Å²) in [6.07, 6.45) is 1.37. The molecule has 0 aliphatic heterocycles. The standard InChI is InChI=1S/C19H22N4O3S/c1-13-11-18(24)23(21-13)17-10-7-15(12-20-17)22-27(25,26)16-8-5-14(6-9-16)19(2,3)4/h5-12,21-22H,1-4H3. The summed E-state index contributed by atoms with van der Waals surface area (Å²) in [6.45, 7) is 7.97. The van der Waals surface area contributed by atoms with Gasteiger partial charge in [0.15, 0.2) is 5.82 Å². The normalized spacial score (nSPS) is 12.1. The lowest BCUT2D eigenvalue weighted by molar-refractivity contribution is 0.587. The number of aromatic amines is 1. The predicted octanol–water partition coefficient (Wildman–Crippen LogP) is 2.97. The topological polar surface area (TPSA) is 96.8 Å². The van der Waals surface area contributed by atoms with Gasteiger partial charge < -0.3 is 0 Å². The number of nitrogens with one attached hydrogen (secondary N) is 2. The number of nitrogens with zero attached hydrogens (tertiary/aromatic N) is 2. The maximum atomic E-state index is 12.6. The molecule has 2 heterocycles. The highest BCUT2D eigenvalue weighted by Gasteiger charge is 2.18. The van der Waals surface area contributed by atoms with Crippen LogP contribution < -0.4 is 10.3 Å². The van der Waals surface area contributed by atoms with Crippen LogP contribution in [0.5, 0.6) is 0 Å². The van der Waals surface area contributed by atoms with Crippen LogP contribution in [0.25, 0.3) is 5.82 Å². The van der Waals surface area contributed by atoms with Gasteiger partial charge in [-0.05, 0) is 42.2 Å². The Morgan fingerprint density at radius 2 is 1.74 bits per heavy atom. The number of aromatic nitrogens is 3. The fourth-order valence-electron chi connectivity index (χ4n) is 2.61. The van der Waals surface area contributed by atoms with Crippen LogP contribution in [0.3, 0.4) is 0 Å². The average molecular weight is 386 g/mol. The monoisotopic (exact) mass is 386 g/mol. The number of anilines is 1. The zero-order valence-corrected chi connectivity index (χ0v) is 16.5. The Morgan fingerprint density at radius 3 is 2.22 bits per heavy atom. The average Bonchev–Trinajstić information content (AvgIpc) is 2.93. The largest absolute Gasteiger partial charge is 0.294 e. The maximum Gasteiger partial charge on any atom is 0.272 e. The fourth-order valence-corrected chi connectivity index (χ4v) is 3.65. The summed E-state index contributed by atoms with van der Waals surface area (Å²) in [5.74, 6) is 0.380. The molecule has 7 nitrogen and oxygen atoms in total. The number of hydrogen-bond donors (Lipinski definition) is 2. The van der Waals surface area contributed by atoms with Crippen LogP contribution in [0.4, 0.5) is 5.69 Å². The van der Waals surface area contributed by atoms with Crippen LogP contribution in [0.2, 0.25) is 0 Å². The summed E-state index contributed by atoms with van der Waals surface area (Å²) < 4.78 is 28.9. The van der Waals surface area contributed by atoms with Crippen molar-refractivity contribution in [1.82, 2.24) is 14.8 Å². The second-order valence-electron chi connectivity index (χ2n) is 7.40. The Morgan fingerprint density at radius 1 is 1.07 bits per heavy atom. The lowest BCUT2D eigenvalue weighted by atomic mass is 9.87. The summed E-state index contributed by atoms with van der Waals surface area (Å²) in [6, 6.07) is 11.4. The molecule has 0 aliphatic carbocycles. The Hall–Kier alpha value is -2.87.